The van der Waals surface area contributed by atoms with Gasteiger partial charge in [-0.25, -0.2) is 4.98 Å². The van der Waals surface area contributed by atoms with Gasteiger partial charge >= 0.3 is 0 Å². The van der Waals surface area contributed by atoms with Gasteiger partial charge in [0.2, 0.25) is 0 Å². The summed E-state index contributed by atoms with van der Waals surface area (Å²) in [6, 6.07) is 0. The fourth-order valence-corrected chi connectivity index (χ4v) is 1.23. The molecule has 0 aliphatic heterocycles. The maximum Gasteiger partial charge on any atom is 0.105 e. The number of imidazole rings is 1. The van der Waals surface area contributed by atoms with Gasteiger partial charge in [0, 0.05) is 43.6 Å². The molecule has 2 aromatic rings. The first-order chi connectivity index (χ1) is 7.93. The SMILES string of the molecule is CCCCCc1ncc[nH]1.c1cnccn1. The van der Waals surface area contributed by atoms with E-state index in [0.717, 1.165) is 12.2 Å². The van der Waals surface area contributed by atoms with Crippen LogP contribution in [0.25, 0.3) is 0 Å². The second kappa shape index (κ2) is 8.59. The number of hydrogen-bond donors (Lipinski definition) is 1. The lowest BCUT2D eigenvalue weighted by Gasteiger charge is -1.93. The van der Waals surface area contributed by atoms with E-state index in [1.807, 2.05) is 6.20 Å². The quantitative estimate of drug-likeness (QED) is 0.802. The topological polar surface area (TPSA) is 54.5 Å². The highest BCUT2D eigenvalue weighted by Crippen LogP contribution is 2.00. The number of unbranched alkanes of at least 4 members (excludes halogenated alkanes) is 2. The molecule has 4 heteroatoms. The predicted molar refractivity (Wildman–Crippen MR) is 63.8 cm³/mol. The van der Waals surface area contributed by atoms with Crippen molar-refractivity contribution in [3.63, 3.8) is 0 Å². The first-order valence-corrected chi connectivity index (χ1v) is 5.61. The van der Waals surface area contributed by atoms with E-state index in [4.69, 9.17) is 0 Å². The molecule has 0 radical (unpaired) electrons. The van der Waals surface area contributed by atoms with Gasteiger partial charge in [-0.3, -0.25) is 9.97 Å². The van der Waals surface area contributed by atoms with Gasteiger partial charge in [-0.15, -0.1) is 0 Å². The Bertz CT molecular complexity index is 304. The van der Waals surface area contributed by atoms with Crippen LogP contribution in [0.15, 0.2) is 37.2 Å². The molecule has 2 aromatic heterocycles. The van der Waals surface area contributed by atoms with Crippen molar-refractivity contribution in [1.29, 1.82) is 0 Å². The summed E-state index contributed by atoms with van der Waals surface area (Å²) < 4.78 is 0. The van der Waals surface area contributed by atoms with Crippen molar-refractivity contribution >= 4 is 0 Å². The van der Waals surface area contributed by atoms with Crippen LogP contribution in [0.1, 0.15) is 32.0 Å². The summed E-state index contributed by atoms with van der Waals surface area (Å²) in [5.74, 6) is 1.12. The second-order valence-corrected chi connectivity index (χ2v) is 3.39. The molecule has 0 aliphatic carbocycles. The van der Waals surface area contributed by atoms with Crippen molar-refractivity contribution in [1.82, 2.24) is 19.9 Å². The van der Waals surface area contributed by atoms with Crippen LogP contribution in [0.2, 0.25) is 0 Å². The number of aromatic amines is 1. The van der Waals surface area contributed by atoms with Crippen molar-refractivity contribution in [2.24, 2.45) is 0 Å². The molecule has 0 fully saturated rings. The maximum absolute atomic E-state index is 4.13. The number of hydrogen-bond acceptors (Lipinski definition) is 3. The molecule has 0 aromatic carbocycles. The van der Waals surface area contributed by atoms with Crippen LogP contribution in [0.4, 0.5) is 0 Å². The number of nitrogens with one attached hydrogen (secondary N) is 1. The third kappa shape index (κ3) is 5.90. The summed E-state index contributed by atoms with van der Waals surface area (Å²) in [6.07, 6.45) is 15.2. The van der Waals surface area contributed by atoms with Crippen LogP contribution < -0.4 is 0 Å². The largest absolute Gasteiger partial charge is 0.349 e. The highest BCUT2D eigenvalue weighted by molar-refractivity contribution is 4.86. The molecule has 0 saturated carbocycles. The zero-order chi connectivity index (χ0) is 11.5. The molecular weight excluding hydrogens is 200 g/mol. The van der Waals surface area contributed by atoms with Gasteiger partial charge in [0.25, 0.3) is 0 Å². The van der Waals surface area contributed by atoms with Crippen molar-refractivity contribution in [3.8, 4) is 0 Å². The molecular formula is C12H18N4. The van der Waals surface area contributed by atoms with Crippen molar-refractivity contribution in [3.05, 3.63) is 43.0 Å². The monoisotopic (exact) mass is 218 g/mol. The average molecular weight is 218 g/mol. The Kier molecular flexibility index (Phi) is 6.63. The standard InChI is InChI=1S/C8H14N2.C4H4N2/c1-2-3-4-5-8-9-6-7-10-8;1-2-6-4-3-5-1/h6-7H,2-5H2,1H3,(H,9,10);1-4H. The van der Waals surface area contributed by atoms with E-state index in [1.165, 1.54) is 19.3 Å². The Morgan fingerprint density at radius 2 is 1.69 bits per heavy atom. The number of aromatic nitrogens is 4. The Morgan fingerprint density at radius 1 is 1.00 bits per heavy atom. The van der Waals surface area contributed by atoms with E-state index < -0.39 is 0 Å². The predicted octanol–water partition coefficient (Wildman–Crippen LogP) is 2.62. The highest BCUT2D eigenvalue weighted by atomic mass is 14.9. The first kappa shape index (κ1) is 12.4. The summed E-state index contributed by atoms with van der Waals surface area (Å²) in [5.41, 5.74) is 0. The van der Waals surface area contributed by atoms with Crippen LogP contribution in [0, 0.1) is 0 Å². The van der Waals surface area contributed by atoms with Crippen LogP contribution in [-0.2, 0) is 6.42 Å². The number of rotatable bonds is 4. The minimum Gasteiger partial charge on any atom is -0.349 e. The minimum atomic E-state index is 1.10. The minimum absolute atomic E-state index is 1.10. The molecule has 0 spiro atoms. The van der Waals surface area contributed by atoms with E-state index in [2.05, 4.69) is 26.9 Å². The van der Waals surface area contributed by atoms with Gasteiger partial charge in [0.1, 0.15) is 5.82 Å². The van der Waals surface area contributed by atoms with Gasteiger partial charge in [-0.05, 0) is 6.42 Å². The molecule has 0 amide bonds. The first-order valence-electron chi connectivity index (χ1n) is 5.61. The molecule has 0 unspecified atom stereocenters. The molecule has 1 N–H and O–H groups in total. The summed E-state index contributed by atoms with van der Waals surface area (Å²) >= 11 is 0. The van der Waals surface area contributed by atoms with Crippen molar-refractivity contribution in [2.75, 3.05) is 0 Å². The lowest BCUT2D eigenvalue weighted by molar-refractivity contribution is 0.699. The van der Waals surface area contributed by atoms with E-state index in [-0.39, 0.29) is 0 Å². The van der Waals surface area contributed by atoms with Gasteiger partial charge < -0.3 is 4.98 Å². The molecule has 4 nitrogen and oxygen atoms in total. The summed E-state index contributed by atoms with van der Waals surface area (Å²) in [6.45, 7) is 2.21. The lowest BCUT2D eigenvalue weighted by Crippen LogP contribution is -1.86. The normalized spacial score (nSPS) is 9.31. The number of H-pyrrole nitrogens is 1. The Balaban J connectivity index is 0.000000181. The molecule has 0 atom stereocenters. The molecule has 2 rings (SSSR count). The van der Waals surface area contributed by atoms with Crippen LogP contribution in [0.5, 0.6) is 0 Å². The fraction of sp³-hybridized carbons (Fsp3) is 0.417. The molecule has 0 saturated heterocycles. The van der Waals surface area contributed by atoms with Crippen LogP contribution in [-0.4, -0.2) is 19.9 Å². The summed E-state index contributed by atoms with van der Waals surface area (Å²) in [7, 11) is 0. The van der Waals surface area contributed by atoms with Crippen LogP contribution in [0.3, 0.4) is 0 Å². The van der Waals surface area contributed by atoms with Crippen molar-refractivity contribution < 1.29 is 0 Å². The van der Waals surface area contributed by atoms with Gasteiger partial charge in [0.05, 0.1) is 0 Å². The molecule has 0 bridgehead atoms. The summed E-state index contributed by atoms with van der Waals surface area (Å²) in [5, 5.41) is 0. The van der Waals surface area contributed by atoms with Gasteiger partial charge in [-0.2, -0.15) is 0 Å². The number of nitrogens with zero attached hydrogens (tertiary/aromatic N) is 3. The Hall–Kier alpha value is -1.71. The number of aryl methyl sites for hydroxylation is 1. The lowest BCUT2D eigenvalue weighted by atomic mass is 10.2. The molecule has 0 aliphatic rings. The van der Waals surface area contributed by atoms with Crippen molar-refractivity contribution in [2.45, 2.75) is 32.6 Å². The van der Waals surface area contributed by atoms with Gasteiger partial charge in [0.15, 0.2) is 0 Å². The smallest absolute Gasteiger partial charge is 0.105 e. The third-order valence-electron chi connectivity index (χ3n) is 2.05. The maximum atomic E-state index is 4.13. The molecule has 16 heavy (non-hydrogen) atoms. The van der Waals surface area contributed by atoms with Crippen LogP contribution >= 0.6 is 0 Å². The van der Waals surface area contributed by atoms with Gasteiger partial charge in [-0.1, -0.05) is 19.8 Å². The zero-order valence-corrected chi connectivity index (χ0v) is 9.63. The highest BCUT2D eigenvalue weighted by Gasteiger charge is 1.91. The van der Waals surface area contributed by atoms with E-state index in [9.17, 15) is 0 Å². The Labute approximate surface area is 96.2 Å². The summed E-state index contributed by atoms with van der Waals surface area (Å²) in [4.78, 5) is 14.7. The Morgan fingerprint density at radius 3 is 2.12 bits per heavy atom. The zero-order valence-electron chi connectivity index (χ0n) is 9.63. The third-order valence-corrected chi connectivity index (χ3v) is 2.05. The van der Waals surface area contributed by atoms with E-state index >= 15 is 0 Å². The second-order valence-electron chi connectivity index (χ2n) is 3.39. The molecule has 86 valence electrons. The average Bonchev–Trinajstić information content (AvgIpc) is 2.86. The molecule has 2 heterocycles. The van der Waals surface area contributed by atoms with E-state index in [0.29, 0.717) is 0 Å². The fourth-order valence-electron chi connectivity index (χ4n) is 1.23. The van der Waals surface area contributed by atoms with E-state index in [1.54, 1.807) is 31.0 Å².